The highest BCUT2D eigenvalue weighted by Gasteiger charge is 2.17. The third-order valence-electron chi connectivity index (χ3n) is 5.53. The molecule has 1 aliphatic heterocycles. The van der Waals surface area contributed by atoms with E-state index in [1.807, 2.05) is 24.3 Å². The lowest BCUT2D eigenvalue weighted by Crippen LogP contribution is -2.44. The van der Waals surface area contributed by atoms with Crippen molar-refractivity contribution >= 4 is 39.0 Å². The summed E-state index contributed by atoms with van der Waals surface area (Å²) in [5, 5.41) is 10.00. The number of piperazine rings is 1. The number of pyridine rings is 1. The number of carbonyl (C=O) groups excluding carboxylic acids is 1. The van der Waals surface area contributed by atoms with E-state index < -0.39 is 0 Å². The Balaban J connectivity index is 1.36. The lowest BCUT2D eigenvalue weighted by atomic mass is 10.1. The standard InChI is InChI=1S/C22H22N8OS/c1-29-6-8-30(9-7-29)20-11-14(4-5-24-20)18(31)12-19-25-13-16-3-2-15(10-17(16)26-19)21-27-28-22(23)32-21/h2-5,10-11,13H,6-9,12H2,1H3,(H2,23,28). The van der Waals surface area contributed by atoms with E-state index in [-0.39, 0.29) is 12.2 Å². The number of nitrogen functional groups attached to an aromatic ring is 1. The number of Topliss-reactive ketones (excluding diaryl/α,β-unsaturated/α-hetero) is 1. The van der Waals surface area contributed by atoms with Crippen molar-refractivity contribution in [1.29, 1.82) is 0 Å². The maximum atomic E-state index is 13.0. The number of rotatable bonds is 5. The molecule has 0 bridgehead atoms. The third-order valence-corrected chi connectivity index (χ3v) is 6.34. The topological polar surface area (TPSA) is 114 Å². The second-order valence-electron chi connectivity index (χ2n) is 7.80. The van der Waals surface area contributed by atoms with Crippen molar-refractivity contribution in [2.45, 2.75) is 6.42 Å². The molecule has 5 rings (SSSR count). The Morgan fingerprint density at radius 1 is 1.09 bits per heavy atom. The summed E-state index contributed by atoms with van der Waals surface area (Å²) >= 11 is 1.32. The van der Waals surface area contributed by atoms with Crippen LogP contribution in [-0.4, -0.2) is 69.1 Å². The van der Waals surface area contributed by atoms with Crippen LogP contribution in [0.1, 0.15) is 16.2 Å². The van der Waals surface area contributed by atoms with Crippen molar-refractivity contribution in [1.82, 2.24) is 30.0 Å². The molecule has 1 saturated heterocycles. The molecular weight excluding hydrogens is 424 g/mol. The number of hydrogen-bond donors (Lipinski definition) is 1. The number of aromatic nitrogens is 5. The van der Waals surface area contributed by atoms with Crippen LogP contribution in [0.5, 0.6) is 0 Å². The van der Waals surface area contributed by atoms with Crippen LogP contribution in [0.25, 0.3) is 21.5 Å². The van der Waals surface area contributed by atoms with Gasteiger partial charge in [0.05, 0.1) is 11.9 Å². The first-order valence-electron chi connectivity index (χ1n) is 10.3. The quantitative estimate of drug-likeness (QED) is 0.461. The Bertz CT molecular complexity index is 1280. The predicted octanol–water partition coefficient (Wildman–Crippen LogP) is 2.30. The van der Waals surface area contributed by atoms with Crippen molar-refractivity contribution in [2.75, 3.05) is 43.9 Å². The predicted molar refractivity (Wildman–Crippen MR) is 125 cm³/mol. The zero-order valence-electron chi connectivity index (χ0n) is 17.6. The second kappa shape index (κ2) is 8.56. The summed E-state index contributed by atoms with van der Waals surface area (Å²) < 4.78 is 0. The van der Waals surface area contributed by atoms with E-state index in [1.165, 1.54) is 11.3 Å². The number of fused-ring (bicyclic) bond motifs is 1. The van der Waals surface area contributed by atoms with Crippen LogP contribution in [-0.2, 0) is 6.42 Å². The molecule has 3 aromatic heterocycles. The number of ketones is 1. The van der Waals surface area contributed by atoms with Crippen LogP contribution < -0.4 is 10.6 Å². The first-order chi connectivity index (χ1) is 15.5. The summed E-state index contributed by atoms with van der Waals surface area (Å²) in [6.45, 7) is 3.77. The molecule has 10 heteroatoms. The molecular formula is C22H22N8OS. The van der Waals surface area contributed by atoms with Crippen LogP contribution >= 0.6 is 11.3 Å². The van der Waals surface area contributed by atoms with Crippen molar-refractivity contribution in [3.8, 4) is 10.6 Å². The molecule has 0 radical (unpaired) electrons. The minimum atomic E-state index is -0.0322. The summed E-state index contributed by atoms with van der Waals surface area (Å²) in [6.07, 6.45) is 3.56. The highest BCUT2D eigenvalue weighted by atomic mass is 32.1. The number of hydrogen-bond acceptors (Lipinski definition) is 10. The number of benzene rings is 1. The molecule has 0 atom stereocenters. The smallest absolute Gasteiger partial charge is 0.203 e. The highest BCUT2D eigenvalue weighted by molar-refractivity contribution is 7.18. The van der Waals surface area contributed by atoms with Crippen LogP contribution in [0.2, 0.25) is 0 Å². The van der Waals surface area contributed by atoms with Gasteiger partial charge in [-0.3, -0.25) is 4.79 Å². The van der Waals surface area contributed by atoms with E-state index >= 15 is 0 Å². The first-order valence-corrected chi connectivity index (χ1v) is 11.1. The van der Waals surface area contributed by atoms with Gasteiger partial charge < -0.3 is 15.5 Å². The molecule has 0 unspecified atom stereocenters. The fourth-order valence-electron chi connectivity index (χ4n) is 3.68. The average molecular weight is 447 g/mol. The fraction of sp³-hybridized carbons (Fsp3) is 0.273. The van der Waals surface area contributed by atoms with E-state index in [4.69, 9.17) is 5.73 Å². The van der Waals surface area contributed by atoms with Gasteiger partial charge in [-0.05, 0) is 25.2 Å². The molecule has 32 heavy (non-hydrogen) atoms. The van der Waals surface area contributed by atoms with Gasteiger partial charge in [0.15, 0.2) is 5.78 Å². The van der Waals surface area contributed by atoms with Crippen molar-refractivity contribution in [3.05, 3.63) is 54.1 Å². The highest BCUT2D eigenvalue weighted by Crippen LogP contribution is 2.27. The molecule has 4 heterocycles. The number of nitrogens with zero attached hydrogens (tertiary/aromatic N) is 7. The molecule has 9 nitrogen and oxygen atoms in total. The van der Waals surface area contributed by atoms with E-state index in [0.717, 1.165) is 53.5 Å². The van der Waals surface area contributed by atoms with Crippen molar-refractivity contribution in [3.63, 3.8) is 0 Å². The molecule has 0 saturated carbocycles. The van der Waals surface area contributed by atoms with Gasteiger partial charge in [0.2, 0.25) is 5.13 Å². The molecule has 1 fully saturated rings. The lowest BCUT2D eigenvalue weighted by molar-refractivity contribution is 0.0991. The van der Waals surface area contributed by atoms with Gasteiger partial charge in [0.25, 0.3) is 0 Å². The summed E-state index contributed by atoms with van der Waals surface area (Å²) in [5.41, 5.74) is 7.96. The van der Waals surface area contributed by atoms with Crippen LogP contribution in [0.3, 0.4) is 0 Å². The van der Waals surface area contributed by atoms with Crippen LogP contribution in [0.15, 0.2) is 42.7 Å². The van der Waals surface area contributed by atoms with Gasteiger partial charge >= 0.3 is 0 Å². The van der Waals surface area contributed by atoms with Gasteiger partial charge in [-0.15, -0.1) is 10.2 Å². The summed E-state index contributed by atoms with van der Waals surface area (Å²) in [7, 11) is 2.11. The Hall–Kier alpha value is -3.50. The van der Waals surface area contributed by atoms with Gasteiger partial charge in [0, 0.05) is 55.1 Å². The van der Waals surface area contributed by atoms with Gasteiger partial charge in [-0.25, -0.2) is 15.0 Å². The minimum absolute atomic E-state index is 0.0322. The molecule has 0 amide bonds. The van der Waals surface area contributed by atoms with E-state index in [0.29, 0.717) is 16.5 Å². The van der Waals surface area contributed by atoms with Gasteiger partial charge in [-0.1, -0.05) is 23.5 Å². The number of carbonyl (C=O) groups is 1. The Kier molecular flexibility index (Phi) is 5.46. The summed E-state index contributed by atoms with van der Waals surface area (Å²) in [5.74, 6) is 1.29. The zero-order chi connectivity index (χ0) is 22.1. The molecule has 0 spiro atoms. The fourth-order valence-corrected chi connectivity index (χ4v) is 4.28. The van der Waals surface area contributed by atoms with Crippen molar-refractivity contribution < 1.29 is 4.79 Å². The first kappa shape index (κ1) is 20.4. The maximum Gasteiger partial charge on any atom is 0.203 e. The third kappa shape index (κ3) is 4.27. The molecule has 1 aliphatic rings. The normalized spacial score (nSPS) is 14.7. The Labute approximate surface area is 189 Å². The average Bonchev–Trinajstić information content (AvgIpc) is 3.25. The number of likely N-dealkylation sites (N-methyl/N-ethyl adjacent to an activating group) is 1. The van der Waals surface area contributed by atoms with Crippen LogP contribution in [0, 0.1) is 0 Å². The Morgan fingerprint density at radius 2 is 1.94 bits per heavy atom. The summed E-state index contributed by atoms with van der Waals surface area (Å²) in [4.78, 5) is 30.9. The number of anilines is 2. The summed E-state index contributed by atoms with van der Waals surface area (Å²) in [6, 6.07) is 9.41. The SMILES string of the molecule is CN1CCN(c2cc(C(=O)Cc3ncc4ccc(-c5nnc(N)s5)cc4n3)ccn2)CC1. The molecule has 4 aromatic rings. The van der Waals surface area contributed by atoms with E-state index in [2.05, 4.69) is 42.0 Å². The van der Waals surface area contributed by atoms with Gasteiger partial charge in [0.1, 0.15) is 16.6 Å². The largest absolute Gasteiger partial charge is 0.374 e. The molecule has 0 aliphatic carbocycles. The van der Waals surface area contributed by atoms with E-state index in [9.17, 15) is 4.79 Å². The lowest BCUT2D eigenvalue weighted by Gasteiger charge is -2.33. The van der Waals surface area contributed by atoms with E-state index in [1.54, 1.807) is 18.5 Å². The maximum absolute atomic E-state index is 13.0. The second-order valence-corrected chi connectivity index (χ2v) is 8.81. The Morgan fingerprint density at radius 3 is 2.72 bits per heavy atom. The molecule has 162 valence electrons. The van der Waals surface area contributed by atoms with Crippen LogP contribution in [0.4, 0.5) is 10.9 Å². The monoisotopic (exact) mass is 446 g/mol. The molecule has 2 N–H and O–H groups in total. The molecule has 1 aromatic carbocycles. The van der Waals surface area contributed by atoms with Crippen molar-refractivity contribution in [2.24, 2.45) is 0 Å². The van der Waals surface area contributed by atoms with Gasteiger partial charge in [-0.2, -0.15) is 0 Å². The minimum Gasteiger partial charge on any atom is -0.374 e. The zero-order valence-corrected chi connectivity index (χ0v) is 18.4. The number of nitrogens with two attached hydrogens (primary N) is 1.